The summed E-state index contributed by atoms with van der Waals surface area (Å²) in [7, 11) is 3.25. The van der Waals surface area contributed by atoms with Crippen LogP contribution in [0.4, 0.5) is 17.3 Å². The van der Waals surface area contributed by atoms with E-state index in [2.05, 4.69) is 35.3 Å². The maximum atomic E-state index is 12.4. The summed E-state index contributed by atoms with van der Waals surface area (Å²) in [5.41, 5.74) is 1.58. The fraction of sp³-hybridized carbons (Fsp3) is 0.316. The molecule has 3 N–H and O–H groups in total. The molecule has 0 fully saturated rings. The number of hydrogen-bond donors (Lipinski definition) is 3. The van der Waals surface area contributed by atoms with Crippen molar-refractivity contribution in [1.29, 1.82) is 0 Å². The van der Waals surface area contributed by atoms with Crippen molar-refractivity contribution in [2.45, 2.75) is 26.3 Å². The van der Waals surface area contributed by atoms with Gasteiger partial charge in [0, 0.05) is 18.6 Å². The van der Waals surface area contributed by atoms with Gasteiger partial charge in [-0.05, 0) is 53.0 Å². The number of anilines is 3. The van der Waals surface area contributed by atoms with Crippen LogP contribution in [-0.4, -0.2) is 38.8 Å². The molecule has 0 unspecified atom stereocenters. The van der Waals surface area contributed by atoms with Crippen LogP contribution in [0.2, 0.25) is 0 Å². The Morgan fingerprint density at radius 3 is 2.69 bits per heavy atom. The van der Waals surface area contributed by atoms with Gasteiger partial charge >= 0.3 is 0 Å². The minimum absolute atomic E-state index is 0.0717. The van der Waals surface area contributed by atoms with E-state index in [4.69, 9.17) is 4.42 Å². The normalized spacial score (nSPS) is 11.9. The molecule has 1 amide bonds. The van der Waals surface area contributed by atoms with Gasteiger partial charge in [-0.1, -0.05) is 6.92 Å². The van der Waals surface area contributed by atoms with Crippen molar-refractivity contribution in [3.63, 3.8) is 0 Å². The molecule has 0 aliphatic carbocycles. The van der Waals surface area contributed by atoms with Crippen molar-refractivity contribution in [2.24, 2.45) is 0 Å². The third kappa shape index (κ3) is 4.54. The lowest BCUT2D eigenvalue weighted by Crippen LogP contribution is -2.22. The van der Waals surface area contributed by atoms with Crippen LogP contribution in [0.1, 0.15) is 41.1 Å². The third-order valence-electron chi connectivity index (χ3n) is 4.30. The predicted molar refractivity (Wildman–Crippen MR) is 117 cm³/mol. The van der Waals surface area contributed by atoms with Gasteiger partial charge in [0.2, 0.25) is 0 Å². The summed E-state index contributed by atoms with van der Waals surface area (Å²) in [6.45, 7) is 4.02. The van der Waals surface area contributed by atoms with Crippen LogP contribution in [0.15, 0.2) is 33.4 Å². The highest BCUT2D eigenvalue weighted by molar-refractivity contribution is 9.10. The quantitative estimate of drug-likeness (QED) is 0.413. The van der Waals surface area contributed by atoms with E-state index in [1.54, 1.807) is 32.5 Å². The van der Waals surface area contributed by atoms with Crippen LogP contribution in [0.5, 0.6) is 5.75 Å². The molecule has 0 saturated carbocycles. The molecule has 0 aliphatic rings. The molecule has 3 aromatic rings. The molecule has 29 heavy (non-hydrogen) atoms. The first kappa shape index (κ1) is 21.1. The Hall–Kier alpha value is -2.59. The molecular weight excluding hydrogens is 458 g/mol. The van der Waals surface area contributed by atoms with Crippen LogP contribution in [-0.2, 0) is 0 Å². The SMILES string of the molecule is CC[C@@H](Nc1nsnc1Nc1ccc(Br)c(C(=O)N(C)C)c1O)c1cc(C)co1. The number of phenolic OH excluding ortho intramolecular Hbond substituents is 1. The van der Waals surface area contributed by atoms with Crippen LogP contribution >= 0.6 is 27.7 Å². The standard InChI is InChI=1S/C19H22BrN5O3S/c1-5-12(14-8-10(2)9-28-14)21-17-18(24-29-23-17)22-13-7-6-11(20)15(16(13)26)19(27)25(3)4/h6-9,12,26H,5H2,1-4H3,(H,21,23)(H,22,24)/t12-/m1/s1. The summed E-state index contributed by atoms with van der Waals surface area (Å²) in [4.78, 5) is 13.8. The van der Waals surface area contributed by atoms with Gasteiger partial charge in [0.25, 0.3) is 5.91 Å². The average Bonchev–Trinajstić information content (AvgIpc) is 3.30. The van der Waals surface area contributed by atoms with Crippen molar-refractivity contribution in [2.75, 3.05) is 24.7 Å². The van der Waals surface area contributed by atoms with Gasteiger partial charge in [-0.25, -0.2) is 0 Å². The Bertz CT molecular complexity index is 1020. The zero-order valence-corrected chi connectivity index (χ0v) is 18.9. The molecule has 0 bridgehead atoms. The van der Waals surface area contributed by atoms with Crippen molar-refractivity contribution < 1.29 is 14.3 Å². The summed E-state index contributed by atoms with van der Waals surface area (Å²) in [5, 5.41) is 17.1. The van der Waals surface area contributed by atoms with E-state index in [1.165, 1.54) is 4.90 Å². The number of hydrogen-bond acceptors (Lipinski definition) is 8. The summed E-state index contributed by atoms with van der Waals surface area (Å²) in [6.07, 6.45) is 2.50. The summed E-state index contributed by atoms with van der Waals surface area (Å²) in [5.74, 6) is 1.34. The Morgan fingerprint density at radius 2 is 2.07 bits per heavy atom. The van der Waals surface area contributed by atoms with E-state index in [0.717, 1.165) is 29.5 Å². The van der Waals surface area contributed by atoms with Gasteiger partial charge in [-0.3, -0.25) is 4.79 Å². The largest absolute Gasteiger partial charge is 0.505 e. The first-order valence-corrected chi connectivity index (χ1v) is 10.5. The number of amides is 1. The van der Waals surface area contributed by atoms with Crippen LogP contribution < -0.4 is 10.6 Å². The molecular formula is C19H22BrN5O3S. The number of nitrogens with zero attached hydrogens (tertiary/aromatic N) is 3. The summed E-state index contributed by atoms with van der Waals surface area (Å²) in [6, 6.07) is 5.28. The van der Waals surface area contributed by atoms with E-state index in [-0.39, 0.29) is 23.3 Å². The predicted octanol–water partition coefficient (Wildman–Crippen LogP) is 4.92. The molecule has 3 rings (SSSR count). The lowest BCUT2D eigenvalue weighted by atomic mass is 10.1. The van der Waals surface area contributed by atoms with E-state index >= 15 is 0 Å². The van der Waals surface area contributed by atoms with Gasteiger partial charge in [0.15, 0.2) is 17.4 Å². The van der Waals surface area contributed by atoms with Gasteiger partial charge in [0.05, 0.1) is 35.3 Å². The Labute approximate surface area is 181 Å². The first-order chi connectivity index (χ1) is 13.8. The smallest absolute Gasteiger partial charge is 0.258 e. The summed E-state index contributed by atoms with van der Waals surface area (Å²) < 4.78 is 14.7. The minimum atomic E-state index is -0.313. The molecule has 10 heteroatoms. The topological polar surface area (TPSA) is 104 Å². The molecule has 154 valence electrons. The van der Waals surface area contributed by atoms with Crippen LogP contribution in [0, 0.1) is 6.92 Å². The lowest BCUT2D eigenvalue weighted by molar-refractivity contribution is 0.0824. The number of phenols is 1. The van der Waals surface area contributed by atoms with Crippen molar-refractivity contribution in [1.82, 2.24) is 13.6 Å². The molecule has 2 aromatic heterocycles. The highest BCUT2D eigenvalue weighted by atomic mass is 79.9. The maximum Gasteiger partial charge on any atom is 0.258 e. The lowest BCUT2D eigenvalue weighted by Gasteiger charge is -2.17. The number of nitrogens with one attached hydrogen (secondary N) is 2. The highest BCUT2D eigenvalue weighted by Crippen LogP contribution is 2.37. The number of aromatic nitrogens is 2. The second-order valence-corrected chi connectivity index (χ2v) is 8.12. The molecule has 0 aliphatic heterocycles. The first-order valence-electron chi connectivity index (χ1n) is 8.96. The molecule has 0 spiro atoms. The third-order valence-corrected chi connectivity index (χ3v) is 5.49. The van der Waals surface area contributed by atoms with E-state index in [0.29, 0.717) is 21.8 Å². The minimum Gasteiger partial charge on any atom is -0.505 e. The maximum absolute atomic E-state index is 12.4. The Kier molecular flexibility index (Phi) is 6.43. The van der Waals surface area contributed by atoms with Crippen LogP contribution in [0.3, 0.4) is 0 Å². The summed E-state index contributed by atoms with van der Waals surface area (Å²) >= 11 is 4.37. The number of halogens is 1. The van der Waals surface area contributed by atoms with Gasteiger partial charge in [-0.2, -0.15) is 8.75 Å². The van der Waals surface area contributed by atoms with Crippen molar-refractivity contribution in [3.8, 4) is 5.75 Å². The number of aromatic hydroxyl groups is 1. The highest BCUT2D eigenvalue weighted by Gasteiger charge is 2.22. The molecule has 1 aromatic carbocycles. The zero-order valence-electron chi connectivity index (χ0n) is 16.5. The number of furan rings is 1. The fourth-order valence-electron chi connectivity index (χ4n) is 2.76. The van der Waals surface area contributed by atoms with Crippen molar-refractivity contribution in [3.05, 3.63) is 45.8 Å². The molecule has 2 heterocycles. The van der Waals surface area contributed by atoms with E-state index < -0.39 is 0 Å². The van der Waals surface area contributed by atoms with E-state index in [1.807, 2.05) is 19.9 Å². The number of benzene rings is 1. The fourth-order valence-corrected chi connectivity index (χ4v) is 3.73. The number of aryl methyl sites for hydroxylation is 1. The van der Waals surface area contributed by atoms with E-state index in [9.17, 15) is 9.90 Å². The van der Waals surface area contributed by atoms with Gasteiger partial charge in [-0.15, -0.1) is 0 Å². The number of carbonyl (C=O) groups excluding carboxylic acids is 1. The molecule has 8 nitrogen and oxygen atoms in total. The number of rotatable bonds is 7. The number of carbonyl (C=O) groups is 1. The zero-order chi connectivity index (χ0) is 21.1. The molecule has 0 radical (unpaired) electrons. The molecule has 1 atom stereocenters. The second kappa shape index (κ2) is 8.83. The van der Waals surface area contributed by atoms with Gasteiger partial charge in [0.1, 0.15) is 5.76 Å². The average molecular weight is 480 g/mol. The monoisotopic (exact) mass is 479 g/mol. The van der Waals surface area contributed by atoms with Crippen molar-refractivity contribution >= 4 is 50.9 Å². The Balaban J connectivity index is 1.87. The van der Waals surface area contributed by atoms with Crippen LogP contribution in [0.25, 0.3) is 0 Å². The second-order valence-electron chi connectivity index (χ2n) is 6.74. The molecule has 0 saturated heterocycles. The van der Waals surface area contributed by atoms with Gasteiger partial charge < -0.3 is 25.1 Å². The Morgan fingerprint density at radius 1 is 1.34 bits per heavy atom.